The number of hydrogen-bond acceptors (Lipinski definition) is 1. The van der Waals surface area contributed by atoms with Crippen molar-refractivity contribution in [3.8, 4) is 0 Å². The molecule has 27 heavy (non-hydrogen) atoms. The van der Waals surface area contributed by atoms with Gasteiger partial charge in [-0.1, -0.05) is 75.1 Å². The van der Waals surface area contributed by atoms with E-state index in [0.717, 1.165) is 29.7 Å². The van der Waals surface area contributed by atoms with E-state index in [-0.39, 0.29) is 11.7 Å². The van der Waals surface area contributed by atoms with Crippen LogP contribution in [0.5, 0.6) is 0 Å². The lowest BCUT2D eigenvalue weighted by Crippen LogP contribution is -2.04. The van der Waals surface area contributed by atoms with Crippen LogP contribution in [0, 0.1) is 5.82 Å². The highest BCUT2D eigenvalue weighted by atomic mass is 19.1. The number of aromatic nitrogens is 2. The largest absolute Gasteiger partial charge is 0.341 e. The maximum atomic E-state index is 13.6. The Bertz CT molecular complexity index is 1050. The number of fused-ring (bicyclic) bond motifs is 2. The molecule has 138 valence electrons. The summed E-state index contributed by atoms with van der Waals surface area (Å²) in [6.45, 7) is 2.23. The second kappa shape index (κ2) is 7.91. The van der Waals surface area contributed by atoms with Crippen molar-refractivity contribution in [3.63, 3.8) is 0 Å². The number of aromatic amines is 1. The molecule has 4 rings (SSSR count). The van der Waals surface area contributed by atoms with E-state index in [1.165, 1.54) is 47.7 Å². The fraction of sp³-hybridized carbons (Fsp3) is 0.292. The van der Waals surface area contributed by atoms with Gasteiger partial charge in [0.05, 0.1) is 11.0 Å². The molecule has 0 fully saturated rings. The number of H-pyrrole nitrogens is 1. The fourth-order valence-corrected chi connectivity index (χ4v) is 3.83. The van der Waals surface area contributed by atoms with Crippen molar-refractivity contribution in [2.24, 2.45) is 0 Å². The summed E-state index contributed by atoms with van der Waals surface area (Å²) in [4.78, 5) is 8.16. The van der Waals surface area contributed by atoms with Gasteiger partial charge in [0.25, 0.3) is 0 Å². The molecule has 0 aliphatic rings. The quantitative estimate of drug-likeness (QED) is 0.355. The van der Waals surface area contributed by atoms with Crippen LogP contribution in [0.4, 0.5) is 4.39 Å². The van der Waals surface area contributed by atoms with Crippen LogP contribution in [0.2, 0.25) is 0 Å². The van der Waals surface area contributed by atoms with Gasteiger partial charge in [0.1, 0.15) is 11.6 Å². The monoisotopic (exact) mass is 360 g/mol. The predicted molar refractivity (Wildman–Crippen MR) is 111 cm³/mol. The molecule has 0 amide bonds. The minimum absolute atomic E-state index is 0.196. The smallest absolute Gasteiger partial charge is 0.125 e. The van der Waals surface area contributed by atoms with Gasteiger partial charge in [0, 0.05) is 5.92 Å². The molecular formula is C24H25FN2. The summed E-state index contributed by atoms with van der Waals surface area (Å²) in [5, 5.41) is 2.49. The summed E-state index contributed by atoms with van der Waals surface area (Å²) in [6.07, 6.45) is 5.92. The molecule has 1 N–H and O–H groups in total. The normalized spacial score (nSPS) is 12.7. The molecule has 1 unspecified atom stereocenters. The molecule has 0 spiro atoms. The first-order chi connectivity index (χ1) is 13.2. The van der Waals surface area contributed by atoms with E-state index in [2.05, 4.69) is 54.4 Å². The summed E-state index contributed by atoms with van der Waals surface area (Å²) in [5.74, 6) is 0.896. The van der Waals surface area contributed by atoms with E-state index in [4.69, 9.17) is 4.98 Å². The summed E-state index contributed by atoms with van der Waals surface area (Å²) in [7, 11) is 0. The van der Waals surface area contributed by atoms with Crippen molar-refractivity contribution in [1.29, 1.82) is 0 Å². The summed E-state index contributed by atoms with van der Waals surface area (Å²) in [6, 6.07) is 19.9. The molecule has 0 radical (unpaired) electrons. The van der Waals surface area contributed by atoms with E-state index in [1.807, 2.05) is 0 Å². The molecule has 1 atom stereocenters. The average Bonchev–Trinajstić information content (AvgIpc) is 3.10. The third-order valence-corrected chi connectivity index (χ3v) is 5.31. The minimum atomic E-state index is -0.233. The van der Waals surface area contributed by atoms with Crippen molar-refractivity contribution in [2.75, 3.05) is 0 Å². The number of imidazole rings is 1. The Morgan fingerprint density at radius 2 is 1.78 bits per heavy atom. The van der Waals surface area contributed by atoms with Crippen LogP contribution in [0.15, 0.2) is 60.7 Å². The first kappa shape index (κ1) is 17.7. The van der Waals surface area contributed by atoms with Gasteiger partial charge in [0.2, 0.25) is 0 Å². The zero-order chi connectivity index (χ0) is 18.6. The first-order valence-electron chi connectivity index (χ1n) is 9.88. The Kier molecular flexibility index (Phi) is 5.19. The molecule has 0 saturated heterocycles. The molecule has 1 aromatic heterocycles. The SMILES string of the molecule is CCCCCCC(c1ccc2ccccc2c1)c1nc2ccc(F)cc2[nH]1. The van der Waals surface area contributed by atoms with Gasteiger partial charge in [-0.2, -0.15) is 0 Å². The van der Waals surface area contributed by atoms with Gasteiger partial charge in [-0.05, 0) is 41.0 Å². The molecule has 0 aliphatic carbocycles. The lowest BCUT2D eigenvalue weighted by molar-refractivity contribution is 0.584. The molecule has 4 aromatic rings. The van der Waals surface area contributed by atoms with Crippen molar-refractivity contribution in [3.05, 3.63) is 77.9 Å². The van der Waals surface area contributed by atoms with Crippen LogP contribution in [0.25, 0.3) is 21.8 Å². The molecule has 1 heterocycles. The van der Waals surface area contributed by atoms with Gasteiger partial charge in [-0.15, -0.1) is 0 Å². The molecule has 3 heteroatoms. The Labute approximate surface area is 159 Å². The van der Waals surface area contributed by atoms with Crippen LogP contribution < -0.4 is 0 Å². The van der Waals surface area contributed by atoms with Gasteiger partial charge < -0.3 is 4.98 Å². The molecule has 2 nitrogen and oxygen atoms in total. The summed E-state index contributed by atoms with van der Waals surface area (Å²) in [5.41, 5.74) is 2.86. The average molecular weight is 360 g/mol. The van der Waals surface area contributed by atoms with E-state index in [9.17, 15) is 4.39 Å². The third-order valence-electron chi connectivity index (χ3n) is 5.31. The Balaban J connectivity index is 1.72. The fourth-order valence-electron chi connectivity index (χ4n) is 3.83. The maximum absolute atomic E-state index is 13.6. The number of nitrogens with one attached hydrogen (secondary N) is 1. The summed E-state index contributed by atoms with van der Waals surface area (Å²) >= 11 is 0. The van der Waals surface area contributed by atoms with Gasteiger partial charge in [-0.25, -0.2) is 9.37 Å². The van der Waals surface area contributed by atoms with Crippen molar-refractivity contribution in [1.82, 2.24) is 9.97 Å². The minimum Gasteiger partial charge on any atom is -0.341 e. The predicted octanol–water partition coefficient (Wildman–Crippen LogP) is 6.96. The standard InChI is InChI=1S/C24H25FN2/c1-2-3-4-5-10-21(19-12-11-17-8-6-7-9-18(17)15-19)24-26-22-14-13-20(25)16-23(22)27-24/h6-9,11-16,21H,2-5,10H2,1H3,(H,26,27). The zero-order valence-corrected chi connectivity index (χ0v) is 15.7. The van der Waals surface area contributed by atoms with E-state index < -0.39 is 0 Å². The Morgan fingerprint density at radius 3 is 2.63 bits per heavy atom. The maximum Gasteiger partial charge on any atom is 0.125 e. The van der Waals surface area contributed by atoms with Crippen LogP contribution in [-0.4, -0.2) is 9.97 Å². The van der Waals surface area contributed by atoms with Gasteiger partial charge >= 0.3 is 0 Å². The third kappa shape index (κ3) is 3.87. The van der Waals surface area contributed by atoms with Crippen molar-refractivity contribution < 1.29 is 4.39 Å². The van der Waals surface area contributed by atoms with Crippen LogP contribution >= 0.6 is 0 Å². The van der Waals surface area contributed by atoms with Crippen molar-refractivity contribution in [2.45, 2.75) is 44.9 Å². The van der Waals surface area contributed by atoms with Crippen LogP contribution in [-0.2, 0) is 0 Å². The lowest BCUT2D eigenvalue weighted by atomic mass is 9.90. The second-order valence-electron chi connectivity index (χ2n) is 7.29. The van der Waals surface area contributed by atoms with Crippen molar-refractivity contribution >= 4 is 21.8 Å². The number of unbranched alkanes of at least 4 members (excludes halogenated alkanes) is 3. The molecular weight excluding hydrogens is 335 g/mol. The zero-order valence-electron chi connectivity index (χ0n) is 15.7. The number of halogens is 1. The molecule has 0 aliphatic heterocycles. The van der Waals surface area contributed by atoms with Gasteiger partial charge in [-0.3, -0.25) is 0 Å². The van der Waals surface area contributed by atoms with Crippen LogP contribution in [0.1, 0.15) is 56.3 Å². The number of hydrogen-bond donors (Lipinski definition) is 1. The molecule has 3 aromatic carbocycles. The number of rotatable bonds is 7. The highest BCUT2D eigenvalue weighted by Gasteiger charge is 2.18. The number of nitrogens with zero attached hydrogens (tertiary/aromatic N) is 1. The summed E-state index contributed by atoms with van der Waals surface area (Å²) < 4.78 is 13.6. The first-order valence-corrected chi connectivity index (χ1v) is 9.88. The number of benzene rings is 3. The Hall–Kier alpha value is -2.68. The van der Waals surface area contributed by atoms with E-state index in [0.29, 0.717) is 0 Å². The second-order valence-corrected chi connectivity index (χ2v) is 7.29. The van der Waals surface area contributed by atoms with Crippen LogP contribution in [0.3, 0.4) is 0 Å². The van der Waals surface area contributed by atoms with Gasteiger partial charge in [0.15, 0.2) is 0 Å². The van der Waals surface area contributed by atoms with E-state index >= 15 is 0 Å². The lowest BCUT2D eigenvalue weighted by Gasteiger charge is -2.16. The Morgan fingerprint density at radius 1 is 0.926 bits per heavy atom. The topological polar surface area (TPSA) is 28.7 Å². The molecule has 0 saturated carbocycles. The van der Waals surface area contributed by atoms with E-state index in [1.54, 1.807) is 6.07 Å². The highest BCUT2D eigenvalue weighted by Crippen LogP contribution is 2.32. The molecule has 0 bridgehead atoms. The highest BCUT2D eigenvalue weighted by molar-refractivity contribution is 5.83.